The van der Waals surface area contributed by atoms with Gasteiger partial charge in [-0.05, 0) is 6.08 Å². The second kappa shape index (κ2) is 4.19. The van der Waals surface area contributed by atoms with Crippen LogP contribution in [0.1, 0.15) is 6.42 Å². The van der Waals surface area contributed by atoms with Gasteiger partial charge in [-0.3, -0.25) is 4.79 Å². The molecule has 0 spiro atoms. The van der Waals surface area contributed by atoms with E-state index in [1.54, 1.807) is 6.08 Å². The Kier molecular flexibility index (Phi) is 3.12. The van der Waals surface area contributed by atoms with Crippen molar-refractivity contribution in [3.05, 3.63) is 12.2 Å². The van der Waals surface area contributed by atoms with Gasteiger partial charge >= 0.3 is 0 Å². The van der Waals surface area contributed by atoms with Gasteiger partial charge in [0, 0.05) is 6.42 Å². The highest BCUT2D eigenvalue weighted by molar-refractivity contribution is 5.64. The standard InChI is InChI=1S/C7H10O3/c8-4-2-1-3-7-9-5-6-10-7/h1-2,4,7H,3,5-6H2. The van der Waals surface area contributed by atoms with E-state index in [2.05, 4.69) is 0 Å². The van der Waals surface area contributed by atoms with Crippen LogP contribution in [0, 0.1) is 0 Å². The Labute approximate surface area is 59.6 Å². The van der Waals surface area contributed by atoms with Crippen LogP contribution >= 0.6 is 0 Å². The highest BCUT2D eigenvalue weighted by atomic mass is 16.7. The van der Waals surface area contributed by atoms with Crippen LogP contribution < -0.4 is 0 Å². The van der Waals surface area contributed by atoms with Crippen LogP contribution in [0.4, 0.5) is 0 Å². The largest absolute Gasteiger partial charge is 0.350 e. The number of rotatable bonds is 3. The molecule has 0 amide bonds. The summed E-state index contributed by atoms with van der Waals surface area (Å²) in [5.74, 6) is 0. The van der Waals surface area contributed by atoms with Crippen molar-refractivity contribution >= 4 is 6.29 Å². The van der Waals surface area contributed by atoms with Crippen molar-refractivity contribution in [1.29, 1.82) is 0 Å². The number of hydrogen-bond acceptors (Lipinski definition) is 3. The van der Waals surface area contributed by atoms with Gasteiger partial charge in [0.05, 0.1) is 13.2 Å². The molecule has 1 fully saturated rings. The van der Waals surface area contributed by atoms with E-state index in [9.17, 15) is 4.79 Å². The smallest absolute Gasteiger partial charge is 0.161 e. The molecule has 0 bridgehead atoms. The Morgan fingerprint density at radius 1 is 1.40 bits per heavy atom. The van der Waals surface area contributed by atoms with Gasteiger partial charge < -0.3 is 9.47 Å². The van der Waals surface area contributed by atoms with E-state index in [-0.39, 0.29) is 6.29 Å². The van der Waals surface area contributed by atoms with Crippen LogP contribution in [0.5, 0.6) is 0 Å². The van der Waals surface area contributed by atoms with Crippen molar-refractivity contribution in [3.8, 4) is 0 Å². The number of carbonyl (C=O) groups excluding carboxylic acids is 1. The maximum absolute atomic E-state index is 9.81. The van der Waals surface area contributed by atoms with Gasteiger partial charge in [-0.15, -0.1) is 0 Å². The first kappa shape index (κ1) is 7.44. The topological polar surface area (TPSA) is 35.5 Å². The van der Waals surface area contributed by atoms with Crippen molar-refractivity contribution in [2.75, 3.05) is 13.2 Å². The zero-order valence-electron chi connectivity index (χ0n) is 5.66. The lowest BCUT2D eigenvalue weighted by molar-refractivity contribution is -0.104. The molecule has 1 aliphatic heterocycles. The molecule has 0 atom stereocenters. The molecule has 1 rings (SSSR count). The first-order valence-electron chi connectivity index (χ1n) is 3.27. The maximum Gasteiger partial charge on any atom is 0.161 e. The molecule has 0 aromatic heterocycles. The van der Waals surface area contributed by atoms with Gasteiger partial charge in [-0.2, -0.15) is 0 Å². The van der Waals surface area contributed by atoms with Crippen LogP contribution in [0.15, 0.2) is 12.2 Å². The van der Waals surface area contributed by atoms with Crippen LogP contribution in [-0.4, -0.2) is 25.8 Å². The first-order chi connectivity index (χ1) is 4.93. The molecule has 1 heterocycles. The van der Waals surface area contributed by atoms with E-state index >= 15 is 0 Å². The number of hydrogen-bond donors (Lipinski definition) is 0. The lowest BCUT2D eigenvalue weighted by Crippen LogP contribution is -2.04. The highest BCUT2D eigenvalue weighted by Gasteiger charge is 2.12. The average molecular weight is 142 g/mol. The summed E-state index contributed by atoms with van der Waals surface area (Å²) in [6, 6.07) is 0. The average Bonchev–Trinajstić information content (AvgIpc) is 2.41. The summed E-state index contributed by atoms with van der Waals surface area (Å²) in [5.41, 5.74) is 0. The third-order valence-corrected chi connectivity index (χ3v) is 1.23. The molecule has 3 heteroatoms. The fourth-order valence-electron chi connectivity index (χ4n) is 0.789. The first-order valence-corrected chi connectivity index (χ1v) is 3.27. The fraction of sp³-hybridized carbons (Fsp3) is 0.571. The van der Waals surface area contributed by atoms with Crippen molar-refractivity contribution in [2.45, 2.75) is 12.7 Å². The third kappa shape index (κ3) is 2.29. The number of carbonyl (C=O) groups is 1. The summed E-state index contributed by atoms with van der Waals surface area (Å²) in [6.45, 7) is 1.33. The van der Waals surface area contributed by atoms with Gasteiger partial charge in [0.2, 0.25) is 0 Å². The second-order valence-corrected chi connectivity index (χ2v) is 1.97. The van der Waals surface area contributed by atoms with Crippen LogP contribution in [0.3, 0.4) is 0 Å². The summed E-state index contributed by atoms with van der Waals surface area (Å²) in [5, 5.41) is 0. The summed E-state index contributed by atoms with van der Waals surface area (Å²) in [7, 11) is 0. The lowest BCUT2D eigenvalue weighted by atomic mass is 10.4. The van der Waals surface area contributed by atoms with E-state index in [4.69, 9.17) is 9.47 Å². The quantitative estimate of drug-likeness (QED) is 0.425. The van der Waals surface area contributed by atoms with E-state index in [0.29, 0.717) is 19.6 Å². The minimum atomic E-state index is -0.129. The van der Waals surface area contributed by atoms with Gasteiger partial charge in [0.25, 0.3) is 0 Å². The van der Waals surface area contributed by atoms with Gasteiger partial charge in [-0.25, -0.2) is 0 Å². The molecule has 0 aromatic carbocycles. The van der Waals surface area contributed by atoms with Crippen molar-refractivity contribution < 1.29 is 14.3 Å². The van der Waals surface area contributed by atoms with Crippen LogP contribution in [-0.2, 0) is 14.3 Å². The fourth-order valence-corrected chi connectivity index (χ4v) is 0.789. The minimum Gasteiger partial charge on any atom is -0.350 e. The molecule has 0 N–H and O–H groups in total. The molecule has 10 heavy (non-hydrogen) atoms. The number of aldehydes is 1. The van der Waals surface area contributed by atoms with Gasteiger partial charge in [-0.1, -0.05) is 6.08 Å². The molecule has 56 valence electrons. The van der Waals surface area contributed by atoms with Crippen LogP contribution in [0.2, 0.25) is 0 Å². The van der Waals surface area contributed by atoms with Crippen LogP contribution in [0.25, 0.3) is 0 Å². The third-order valence-electron chi connectivity index (χ3n) is 1.23. The van der Waals surface area contributed by atoms with Crippen molar-refractivity contribution in [3.63, 3.8) is 0 Å². The highest BCUT2D eigenvalue weighted by Crippen LogP contribution is 2.07. The molecule has 0 unspecified atom stereocenters. The van der Waals surface area contributed by atoms with Gasteiger partial charge in [0.1, 0.15) is 6.29 Å². The van der Waals surface area contributed by atoms with Crippen molar-refractivity contribution in [2.24, 2.45) is 0 Å². The summed E-state index contributed by atoms with van der Waals surface area (Å²) in [6.07, 6.45) is 4.47. The Hall–Kier alpha value is -0.670. The SMILES string of the molecule is O=CC=CCC1OCCO1. The maximum atomic E-state index is 9.81. The molecule has 3 nitrogen and oxygen atoms in total. The van der Waals surface area contributed by atoms with E-state index in [1.165, 1.54) is 6.08 Å². The zero-order valence-corrected chi connectivity index (χ0v) is 5.66. The predicted molar refractivity (Wildman–Crippen MR) is 35.5 cm³/mol. The second-order valence-electron chi connectivity index (χ2n) is 1.97. The monoisotopic (exact) mass is 142 g/mol. The summed E-state index contributed by atoms with van der Waals surface area (Å²) < 4.78 is 10.2. The number of ether oxygens (including phenoxy) is 2. The zero-order chi connectivity index (χ0) is 7.23. The Bertz CT molecular complexity index is 125. The Morgan fingerprint density at radius 3 is 2.70 bits per heavy atom. The lowest BCUT2D eigenvalue weighted by Gasteiger charge is -2.02. The molecule has 0 radical (unpaired) electrons. The normalized spacial score (nSPS) is 20.4. The molecular weight excluding hydrogens is 132 g/mol. The molecule has 1 saturated heterocycles. The number of allylic oxidation sites excluding steroid dienone is 1. The Morgan fingerprint density at radius 2 is 2.10 bits per heavy atom. The van der Waals surface area contributed by atoms with E-state index in [1.807, 2.05) is 0 Å². The molecule has 0 saturated carbocycles. The summed E-state index contributed by atoms with van der Waals surface area (Å²) >= 11 is 0. The minimum absolute atomic E-state index is 0.129. The predicted octanol–water partition coefficient (Wildman–Crippen LogP) is 0.504. The van der Waals surface area contributed by atoms with E-state index < -0.39 is 0 Å². The molecular formula is C7H10O3. The van der Waals surface area contributed by atoms with Crippen molar-refractivity contribution in [1.82, 2.24) is 0 Å². The molecule has 0 aromatic rings. The summed E-state index contributed by atoms with van der Waals surface area (Å²) in [4.78, 5) is 9.81. The molecule has 1 aliphatic rings. The van der Waals surface area contributed by atoms with Gasteiger partial charge in [0.15, 0.2) is 6.29 Å². The molecule has 0 aliphatic carbocycles. The Balaban J connectivity index is 2.12. The van der Waals surface area contributed by atoms with E-state index in [0.717, 1.165) is 6.29 Å².